The summed E-state index contributed by atoms with van der Waals surface area (Å²) in [7, 11) is 0. The standard InChI is InChI=1S/C11H13NO3/c13-7-3-6-12-10(14)8-4-1-2-5-9(8)11(12)15/h1,3-4,7-9,13H,2,5-6H2. The molecule has 1 N–H and O–H groups in total. The number of aliphatic hydroxyl groups is 1. The van der Waals surface area contributed by atoms with Crippen molar-refractivity contribution in [2.45, 2.75) is 12.8 Å². The predicted molar refractivity (Wildman–Crippen MR) is 53.8 cm³/mol. The summed E-state index contributed by atoms with van der Waals surface area (Å²) in [5.74, 6) is -0.681. The van der Waals surface area contributed by atoms with Crippen LogP contribution in [0.5, 0.6) is 0 Å². The van der Waals surface area contributed by atoms with Crippen molar-refractivity contribution in [1.82, 2.24) is 4.90 Å². The van der Waals surface area contributed by atoms with Crippen molar-refractivity contribution in [2.24, 2.45) is 11.8 Å². The normalized spacial score (nSPS) is 30.3. The van der Waals surface area contributed by atoms with Crippen LogP contribution >= 0.6 is 0 Å². The maximum absolute atomic E-state index is 11.8. The summed E-state index contributed by atoms with van der Waals surface area (Å²) in [5.41, 5.74) is 0. The molecule has 0 spiro atoms. The molecule has 1 fully saturated rings. The third-order valence-electron chi connectivity index (χ3n) is 2.95. The van der Waals surface area contributed by atoms with Gasteiger partial charge >= 0.3 is 0 Å². The maximum Gasteiger partial charge on any atom is 0.237 e. The molecular formula is C11H13NO3. The zero-order chi connectivity index (χ0) is 10.8. The Kier molecular flexibility index (Phi) is 2.58. The number of aliphatic hydroxyl groups excluding tert-OH is 1. The number of likely N-dealkylation sites (tertiary alicyclic amines) is 1. The first-order valence-corrected chi connectivity index (χ1v) is 5.07. The summed E-state index contributed by atoms with van der Waals surface area (Å²) in [6.07, 6.45) is 7.67. The zero-order valence-electron chi connectivity index (χ0n) is 8.30. The maximum atomic E-state index is 11.8. The fourth-order valence-electron chi connectivity index (χ4n) is 2.19. The lowest BCUT2D eigenvalue weighted by Gasteiger charge is -2.14. The van der Waals surface area contributed by atoms with Crippen LogP contribution in [-0.4, -0.2) is 28.4 Å². The van der Waals surface area contributed by atoms with E-state index in [9.17, 15) is 9.59 Å². The number of fused-ring (bicyclic) bond motifs is 1. The molecule has 1 aliphatic heterocycles. The van der Waals surface area contributed by atoms with Crippen molar-refractivity contribution < 1.29 is 14.7 Å². The minimum atomic E-state index is -0.265. The van der Waals surface area contributed by atoms with Gasteiger partial charge in [-0.3, -0.25) is 14.5 Å². The molecule has 4 heteroatoms. The fraction of sp³-hybridized carbons (Fsp3) is 0.455. The van der Waals surface area contributed by atoms with Crippen LogP contribution in [-0.2, 0) is 9.59 Å². The fourth-order valence-corrected chi connectivity index (χ4v) is 2.19. The largest absolute Gasteiger partial charge is 0.516 e. The molecule has 2 amide bonds. The van der Waals surface area contributed by atoms with Crippen LogP contribution in [0, 0.1) is 11.8 Å². The van der Waals surface area contributed by atoms with Crippen LogP contribution in [0.4, 0.5) is 0 Å². The summed E-state index contributed by atoms with van der Waals surface area (Å²) in [5, 5.41) is 8.51. The highest BCUT2D eigenvalue weighted by Gasteiger charge is 2.45. The Morgan fingerprint density at radius 2 is 2.27 bits per heavy atom. The smallest absolute Gasteiger partial charge is 0.237 e. The van der Waals surface area contributed by atoms with Gasteiger partial charge in [-0.15, -0.1) is 0 Å². The number of allylic oxidation sites excluding steroid dienone is 1. The van der Waals surface area contributed by atoms with E-state index in [4.69, 9.17) is 5.11 Å². The van der Waals surface area contributed by atoms with E-state index < -0.39 is 0 Å². The molecule has 0 aromatic rings. The lowest BCUT2D eigenvalue weighted by Crippen LogP contribution is -2.31. The number of imide groups is 1. The number of hydrogen-bond donors (Lipinski definition) is 1. The Hall–Kier alpha value is -1.58. The van der Waals surface area contributed by atoms with E-state index >= 15 is 0 Å². The highest BCUT2D eigenvalue weighted by molar-refractivity contribution is 6.06. The number of carbonyl (C=O) groups is 2. The Morgan fingerprint density at radius 3 is 2.93 bits per heavy atom. The number of nitrogens with zero attached hydrogens (tertiary/aromatic N) is 1. The molecule has 2 atom stereocenters. The lowest BCUT2D eigenvalue weighted by atomic mass is 9.86. The molecule has 1 heterocycles. The number of carbonyl (C=O) groups excluding carboxylic acids is 2. The predicted octanol–water partition coefficient (Wildman–Crippen LogP) is 1.01. The van der Waals surface area contributed by atoms with Crippen LogP contribution in [0.3, 0.4) is 0 Å². The highest BCUT2D eigenvalue weighted by Crippen LogP contribution is 2.34. The van der Waals surface area contributed by atoms with Crippen molar-refractivity contribution in [3.05, 3.63) is 24.5 Å². The van der Waals surface area contributed by atoms with Crippen molar-refractivity contribution in [1.29, 1.82) is 0 Å². The number of amides is 2. The van der Waals surface area contributed by atoms with Gasteiger partial charge in [0.2, 0.25) is 11.8 Å². The van der Waals surface area contributed by atoms with Crippen LogP contribution in [0.15, 0.2) is 24.5 Å². The molecule has 2 aliphatic rings. The van der Waals surface area contributed by atoms with Gasteiger partial charge in [-0.1, -0.05) is 12.2 Å². The summed E-state index contributed by atoms with van der Waals surface area (Å²) >= 11 is 0. The van der Waals surface area contributed by atoms with E-state index in [1.807, 2.05) is 12.2 Å². The van der Waals surface area contributed by atoms with Gasteiger partial charge in [0.05, 0.1) is 18.1 Å². The molecule has 1 aliphatic carbocycles. The summed E-state index contributed by atoms with van der Waals surface area (Å²) in [4.78, 5) is 24.8. The van der Waals surface area contributed by atoms with Gasteiger partial charge < -0.3 is 5.11 Å². The van der Waals surface area contributed by atoms with Crippen molar-refractivity contribution in [3.63, 3.8) is 0 Å². The minimum absolute atomic E-state index is 0.104. The van der Waals surface area contributed by atoms with Crippen LogP contribution in [0.1, 0.15) is 12.8 Å². The quantitative estimate of drug-likeness (QED) is 0.417. The van der Waals surface area contributed by atoms with E-state index in [0.717, 1.165) is 19.1 Å². The van der Waals surface area contributed by atoms with Crippen LogP contribution in [0.25, 0.3) is 0 Å². The van der Waals surface area contributed by atoms with Gasteiger partial charge in [0, 0.05) is 6.54 Å². The Balaban J connectivity index is 2.19. The average molecular weight is 207 g/mol. The van der Waals surface area contributed by atoms with Crippen molar-refractivity contribution in [3.8, 4) is 0 Å². The second kappa shape index (κ2) is 3.88. The van der Waals surface area contributed by atoms with E-state index in [1.165, 1.54) is 11.0 Å². The molecule has 2 unspecified atom stereocenters. The molecule has 0 aromatic carbocycles. The lowest BCUT2D eigenvalue weighted by molar-refractivity contribution is -0.139. The first-order valence-electron chi connectivity index (χ1n) is 5.07. The molecule has 15 heavy (non-hydrogen) atoms. The van der Waals surface area contributed by atoms with Crippen molar-refractivity contribution in [2.75, 3.05) is 6.54 Å². The van der Waals surface area contributed by atoms with Gasteiger partial charge in [-0.05, 0) is 18.9 Å². The Morgan fingerprint density at radius 1 is 1.47 bits per heavy atom. The number of hydrogen-bond acceptors (Lipinski definition) is 3. The van der Waals surface area contributed by atoms with Gasteiger partial charge in [-0.2, -0.15) is 0 Å². The second-order valence-corrected chi connectivity index (χ2v) is 3.81. The molecule has 2 rings (SSSR count). The van der Waals surface area contributed by atoms with Gasteiger partial charge in [-0.25, -0.2) is 0 Å². The van der Waals surface area contributed by atoms with E-state index in [-0.39, 0.29) is 30.2 Å². The average Bonchev–Trinajstić information content (AvgIpc) is 2.51. The molecule has 80 valence electrons. The van der Waals surface area contributed by atoms with E-state index in [2.05, 4.69) is 0 Å². The minimum Gasteiger partial charge on any atom is -0.516 e. The first kappa shape index (κ1) is 9.96. The molecule has 0 radical (unpaired) electrons. The molecule has 0 saturated carbocycles. The molecular weight excluding hydrogens is 194 g/mol. The topological polar surface area (TPSA) is 57.6 Å². The molecule has 0 bridgehead atoms. The monoisotopic (exact) mass is 207 g/mol. The third kappa shape index (κ3) is 1.56. The SMILES string of the molecule is O=C1C2C=CCCC2C(=O)N1CC=CO. The third-order valence-corrected chi connectivity index (χ3v) is 2.95. The van der Waals surface area contributed by atoms with Crippen molar-refractivity contribution >= 4 is 11.8 Å². The van der Waals surface area contributed by atoms with Crippen LogP contribution in [0.2, 0.25) is 0 Å². The highest BCUT2D eigenvalue weighted by atomic mass is 16.2. The zero-order valence-corrected chi connectivity index (χ0v) is 8.30. The summed E-state index contributed by atoms with van der Waals surface area (Å²) in [6.45, 7) is 0.176. The molecule has 0 aromatic heterocycles. The summed E-state index contributed by atoms with van der Waals surface area (Å²) in [6, 6.07) is 0. The van der Waals surface area contributed by atoms with Gasteiger partial charge in [0.25, 0.3) is 0 Å². The Labute approximate surface area is 87.9 Å². The number of rotatable bonds is 2. The van der Waals surface area contributed by atoms with E-state index in [1.54, 1.807) is 0 Å². The first-order chi connectivity index (χ1) is 7.25. The Bertz CT molecular complexity index is 346. The summed E-state index contributed by atoms with van der Waals surface area (Å²) < 4.78 is 0. The van der Waals surface area contributed by atoms with E-state index in [0.29, 0.717) is 0 Å². The van der Waals surface area contributed by atoms with Gasteiger partial charge in [0.15, 0.2) is 0 Å². The van der Waals surface area contributed by atoms with Gasteiger partial charge in [0.1, 0.15) is 0 Å². The second-order valence-electron chi connectivity index (χ2n) is 3.81. The van der Waals surface area contributed by atoms with Crippen LogP contribution < -0.4 is 0 Å². The molecule has 4 nitrogen and oxygen atoms in total. The molecule has 1 saturated heterocycles.